The maximum atomic E-state index is 13.6. The van der Waals surface area contributed by atoms with E-state index in [1.54, 1.807) is 0 Å². The van der Waals surface area contributed by atoms with Crippen molar-refractivity contribution in [2.45, 2.75) is 45.5 Å². The Labute approximate surface area is 112 Å². The van der Waals surface area contributed by atoms with E-state index in [2.05, 4.69) is 0 Å². The second kappa shape index (κ2) is 5.55. The minimum Gasteiger partial charge on any atom is -0.392 e. The summed E-state index contributed by atoms with van der Waals surface area (Å²) in [6.07, 6.45) is -0.617. The predicted molar refractivity (Wildman–Crippen MR) is 68.7 cm³/mol. The topological polar surface area (TPSA) is 29.5 Å². The maximum Gasteiger partial charge on any atom is 0.126 e. The van der Waals surface area contributed by atoms with Gasteiger partial charge in [-0.25, -0.2) is 8.78 Å². The lowest BCUT2D eigenvalue weighted by Crippen LogP contribution is -2.32. The summed E-state index contributed by atoms with van der Waals surface area (Å²) < 4.78 is 32.4. The van der Waals surface area contributed by atoms with Crippen molar-refractivity contribution in [1.29, 1.82) is 0 Å². The highest BCUT2D eigenvalue weighted by molar-refractivity contribution is 5.20. The molecule has 0 amide bonds. The van der Waals surface area contributed by atoms with Gasteiger partial charge in [0.25, 0.3) is 0 Å². The standard InChI is InChI=1S/C15H20F2O2/c1-8-9(2)19-10(3)15(8)14(18)7-11-6-12(16)4-5-13(11)17/h4-6,8-10,14-15,18H,7H2,1-3H3. The molecule has 1 aromatic carbocycles. The Hall–Kier alpha value is -1.00. The first kappa shape index (κ1) is 14.4. The Morgan fingerprint density at radius 2 is 1.89 bits per heavy atom. The molecule has 5 atom stereocenters. The first-order valence-corrected chi connectivity index (χ1v) is 6.67. The molecule has 1 saturated heterocycles. The molecule has 1 fully saturated rings. The van der Waals surface area contributed by atoms with Crippen molar-refractivity contribution < 1.29 is 18.6 Å². The summed E-state index contributed by atoms with van der Waals surface area (Å²) in [6.45, 7) is 5.90. The minimum atomic E-state index is -0.730. The van der Waals surface area contributed by atoms with Crippen LogP contribution in [-0.4, -0.2) is 23.4 Å². The number of halogens is 2. The molecule has 0 aromatic heterocycles. The van der Waals surface area contributed by atoms with Crippen LogP contribution >= 0.6 is 0 Å². The number of aliphatic hydroxyl groups is 1. The summed E-state index contributed by atoms with van der Waals surface area (Å²) >= 11 is 0. The van der Waals surface area contributed by atoms with Gasteiger partial charge in [0.15, 0.2) is 0 Å². The highest BCUT2D eigenvalue weighted by atomic mass is 19.1. The molecule has 1 heterocycles. The molecule has 0 bridgehead atoms. The summed E-state index contributed by atoms with van der Waals surface area (Å²) in [4.78, 5) is 0. The largest absolute Gasteiger partial charge is 0.392 e. The van der Waals surface area contributed by atoms with Gasteiger partial charge in [0, 0.05) is 12.3 Å². The lowest BCUT2D eigenvalue weighted by Gasteiger charge is -2.24. The summed E-state index contributed by atoms with van der Waals surface area (Å²) in [5, 5.41) is 10.3. The normalized spacial score (nSPS) is 32.5. The SMILES string of the molecule is CC1OC(C)C(C(O)Cc2cc(F)ccc2F)C1C. The molecule has 0 saturated carbocycles. The molecule has 1 aliphatic heterocycles. The molecule has 1 aromatic rings. The van der Waals surface area contributed by atoms with Gasteiger partial charge in [-0.2, -0.15) is 0 Å². The summed E-state index contributed by atoms with van der Waals surface area (Å²) in [5.74, 6) is -0.826. The van der Waals surface area contributed by atoms with Crippen LogP contribution in [0, 0.1) is 23.5 Å². The Morgan fingerprint density at radius 3 is 2.47 bits per heavy atom. The quantitative estimate of drug-likeness (QED) is 0.915. The summed E-state index contributed by atoms with van der Waals surface area (Å²) in [7, 11) is 0. The van der Waals surface area contributed by atoms with Crippen LogP contribution < -0.4 is 0 Å². The third-order valence-electron chi connectivity index (χ3n) is 4.20. The number of rotatable bonds is 3. The van der Waals surface area contributed by atoms with Gasteiger partial charge in [-0.3, -0.25) is 0 Å². The van der Waals surface area contributed by atoms with E-state index < -0.39 is 17.7 Å². The second-order valence-electron chi connectivity index (χ2n) is 5.49. The van der Waals surface area contributed by atoms with E-state index in [0.29, 0.717) is 0 Å². The molecule has 2 nitrogen and oxygen atoms in total. The molecule has 0 aliphatic carbocycles. The third kappa shape index (κ3) is 2.95. The van der Waals surface area contributed by atoms with Crippen LogP contribution in [0.2, 0.25) is 0 Å². The van der Waals surface area contributed by atoms with Gasteiger partial charge in [-0.15, -0.1) is 0 Å². The smallest absolute Gasteiger partial charge is 0.126 e. The lowest BCUT2D eigenvalue weighted by molar-refractivity contribution is 0.0237. The number of aliphatic hydroxyl groups excluding tert-OH is 1. The average Bonchev–Trinajstić information content (AvgIpc) is 2.58. The molecule has 4 heteroatoms. The van der Waals surface area contributed by atoms with E-state index in [9.17, 15) is 13.9 Å². The van der Waals surface area contributed by atoms with Crippen LogP contribution in [-0.2, 0) is 11.2 Å². The Morgan fingerprint density at radius 1 is 1.21 bits per heavy atom. The van der Waals surface area contributed by atoms with E-state index in [4.69, 9.17) is 4.74 Å². The van der Waals surface area contributed by atoms with Gasteiger partial charge in [0.2, 0.25) is 0 Å². The van der Waals surface area contributed by atoms with Crippen molar-refractivity contribution >= 4 is 0 Å². The second-order valence-corrected chi connectivity index (χ2v) is 5.49. The third-order valence-corrected chi connectivity index (χ3v) is 4.20. The fourth-order valence-electron chi connectivity index (χ4n) is 3.02. The van der Waals surface area contributed by atoms with E-state index in [1.807, 2.05) is 20.8 Å². The number of hydrogen-bond donors (Lipinski definition) is 1. The maximum absolute atomic E-state index is 13.6. The van der Waals surface area contributed by atoms with Gasteiger partial charge >= 0.3 is 0 Å². The molecular weight excluding hydrogens is 250 g/mol. The van der Waals surface area contributed by atoms with Crippen molar-refractivity contribution in [3.8, 4) is 0 Å². The molecule has 1 aliphatic rings. The molecule has 0 spiro atoms. The van der Waals surface area contributed by atoms with Crippen LogP contribution in [0.5, 0.6) is 0 Å². The van der Waals surface area contributed by atoms with E-state index in [0.717, 1.165) is 18.2 Å². The first-order chi connectivity index (χ1) is 8.90. The Balaban J connectivity index is 2.12. The monoisotopic (exact) mass is 270 g/mol. The molecule has 2 rings (SSSR count). The summed E-state index contributed by atoms with van der Waals surface area (Å²) in [6, 6.07) is 3.32. The Kier molecular flexibility index (Phi) is 4.21. The van der Waals surface area contributed by atoms with Crippen molar-refractivity contribution in [1.82, 2.24) is 0 Å². The van der Waals surface area contributed by atoms with Gasteiger partial charge in [0.1, 0.15) is 11.6 Å². The van der Waals surface area contributed by atoms with Crippen LogP contribution in [0.15, 0.2) is 18.2 Å². The van der Waals surface area contributed by atoms with Crippen LogP contribution in [0.3, 0.4) is 0 Å². The van der Waals surface area contributed by atoms with Crippen LogP contribution in [0.4, 0.5) is 8.78 Å². The molecule has 19 heavy (non-hydrogen) atoms. The highest BCUT2D eigenvalue weighted by Crippen LogP contribution is 2.35. The van der Waals surface area contributed by atoms with Crippen LogP contribution in [0.25, 0.3) is 0 Å². The van der Waals surface area contributed by atoms with Crippen molar-refractivity contribution in [2.75, 3.05) is 0 Å². The summed E-state index contributed by atoms with van der Waals surface area (Å²) in [5.41, 5.74) is 0.214. The molecule has 1 N–H and O–H groups in total. The number of ether oxygens (including phenoxy) is 1. The number of benzene rings is 1. The minimum absolute atomic E-state index is 0.0577. The Bertz CT molecular complexity index is 450. The molecule has 5 unspecified atom stereocenters. The molecule has 106 valence electrons. The molecular formula is C15H20F2O2. The van der Waals surface area contributed by atoms with Gasteiger partial charge in [0.05, 0.1) is 18.3 Å². The first-order valence-electron chi connectivity index (χ1n) is 6.67. The fourth-order valence-corrected chi connectivity index (χ4v) is 3.02. The van der Waals surface area contributed by atoms with Gasteiger partial charge < -0.3 is 9.84 Å². The number of hydrogen-bond acceptors (Lipinski definition) is 2. The zero-order valence-corrected chi connectivity index (χ0v) is 11.4. The fraction of sp³-hybridized carbons (Fsp3) is 0.600. The van der Waals surface area contributed by atoms with Gasteiger partial charge in [-0.1, -0.05) is 6.92 Å². The average molecular weight is 270 g/mol. The zero-order chi connectivity index (χ0) is 14.2. The zero-order valence-electron chi connectivity index (χ0n) is 11.4. The van der Waals surface area contributed by atoms with Gasteiger partial charge in [-0.05, 0) is 43.5 Å². The predicted octanol–water partition coefficient (Wildman–Crippen LogP) is 2.93. The lowest BCUT2D eigenvalue weighted by atomic mass is 9.82. The van der Waals surface area contributed by atoms with E-state index >= 15 is 0 Å². The van der Waals surface area contributed by atoms with E-state index in [-0.39, 0.29) is 36.0 Å². The molecule has 0 radical (unpaired) electrons. The van der Waals surface area contributed by atoms with Crippen molar-refractivity contribution in [3.63, 3.8) is 0 Å². The highest BCUT2D eigenvalue weighted by Gasteiger charge is 2.41. The van der Waals surface area contributed by atoms with Crippen molar-refractivity contribution in [3.05, 3.63) is 35.4 Å². The van der Waals surface area contributed by atoms with Crippen LogP contribution in [0.1, 0.15) is 26.3 Å². The van der Waals surface area contributed by atoms with E-state index in [1.165, 1.54) is 0 Å². The van der Waals surface area contributed by atoms with Crippen molar-refractivity contribution in [2.24, 2.45) is 11.8 Å².